The molecule has 7 heteroatoms. The van der Waals surface area contributed by atoms with Crippen LogP contribution < -0.4 is 13.9 Å². The Labute approximate surface area is 155 Å². The summed E-state index contributed by atoms with van der Waals surface area (Å²) in [5.41, 5.74) is 1.12. The standard InChI is InChI=1S/C19H24N2O4S/c1-15(2)25-18-12-10-17(11-13-18)21(26(4,23)24)14-19(22)20(3)16-8-6-5-7-9-16/h5-13,15H,14H2,1-4H3. The molecule has 0 saturated heterocycles. The number of likely N-dealkylation sites (N-methyl/N-ethyl adjacent to an activating group) is 1. The second-order valence-electron chi connectivity index (χ2n) is 6.22. The van der Waals surface area contributed by atoms with Crippen molar-refractivity contribution in [2.45, 2.75) is 20.0 Å². The molecule has 0 spiro atoms. The molecule has 0 radical (unpaired) electrons. The van der Waals surface area contributed by atoms with Crippen LogP contribution in [-0.2, 0) is 14.8 Å². The highest BCUT2D eigenvalue weighted by molar-refractivity contribution is 7.92. The highest BCUT2D eigenvalue weighted by Gasteiger charge is 2.23. The zero-order valence-electron chi connectivity index (χ0n) is 15.4. The molecule has 0 fully saturated rings. The SMILES string of the molecule is CC(C)Oc1ccc(N(CC(=O)N(C)c2ccccc2)S(C)(=O)=O)cc1. The van der Waals surface area contributed by atoms with Crippen molar-refractivity contribution in [3.8, 4) is 5.75 Å². The number of para-hydroxylation sites is 1. The van der Waals surface area contributed by atoms with Gasteiger partial charge in [-0.1, -0.05) is 18.2 Å². The molecule has 0 aliphatic rings. The lowest BCUT2D eigenvalue weighted by Gasteiger charge is -2.25. The van der Waals surface area contributed by atoms with Crippen molar-refractivity contribution in [2.75, 3.05) is 29.1 Å². The number of benzene rings is 2. The van der Waals surface area contributed by atoms with E-state index in [4.69, 9.17) is 4.74 Å². The van der Waals surface area contributed by atoms with Crippen molar-refractivity contribution in [2.24, 2.45) is 0 Å². The van der Waals surface area contributed by atoms with Gasteiger partial charge < -0.3 is 9.64 Å². The van der Waals surface area contributed by atoms with Crippen LogP contribution in [0, 0.1) is 0 Å². The third-order valence-corrected chi connectivity index (χ3v) is 4.83. The van der Waals surface area contributed by atoms with Gasteiger partial charge in [0.25, 0.3) is 0 Å². The molecule has 2 rings (SSSR count). The summed E-state index contributed by atoms with van der Waals surface area (Å²) in [6.07, 6.45) is 1.11. The van der Waals surface area contributed by atoms with Gasteiger partial charge in [-0.25, -0.2) is 8.42 Å². The van der Waals surface area contributed by atoms with Crippen molar-refractivity contribution < 1.29 is 17.9 Å². The van der Waals surface area contributed by atoms with E-state index < -0.39 is 10.0 Å². The van der Waals surface area contributed by atoms with Gasteiger partial charge in [0.1, 0.15) is 12.3 Å². The molecule has 0 unspecified atom stereocenters. The molecule has 0 saturated carbocycles. The summed E-state index contributed by atoms with van der Waals surface area (Å²) in [7, 11) is -2.00. The van der Waals surface area contributed by atoms with Gasteiger partial charge in [0.15, 0.2) is 0 Å². The smallest absolute Gasteiger partial charge is 0.247 e. The third kappa shape index (κ3) is 5.23. The summed E-state index contributed by atoms with van der Waals surface area (Å²) in [6, 6.07) is 15.7. The molecule has 0 heterocycles. The van der Waals surface area contributed by atoms with Crippen molar-refractivity contribution in [1.29, 1.82) is 0 Å². The fraction of sp³-hybridized carbons (Fsp3) is 0.316. The predicted molar refractivity (Wildman–Crippen MR) is 104 cm³/mol. The van der Waals surface area contributed by atoms with E-state index in [0.717, 1.165) is 10.6 Å². The Morgan fingerprint density at radius 3 is 2.08 bits per heavy atom. The first-order valence-corrected chi connectivity index (χ1v) is 10.1. The van der Waals surface area contributed by atoms with Crippen LogP contribution >= 0.6 is 0 Å². The van der Waals surface area contributed by atoms with Gasteiger partial charge in [-0.05, 0) is 50.2 Å². The van der Waals surface area contributed by atoms with E-state index in [1.54, 1.807) is 43.4 Å². The van der Waals surface area contributed by atoms with Gasteiger partial charge in [0, 0.05) is 12.7 Å². The Bertz CT molecular complexity index is 834. The van der Waals surface area contributed by atoms with E-state index >= 15 is 0 Å². The topological polar surface area (TPSA) is 66.9 Å². The van der Waals surface area contributed by atoms with Gasteiger partial charge >= 0.3 is 0 Å². The predicted octanol–water partition coefficient (Wildman–Crippen LogP) is 2.90. The minimum Gasteiger partial charge on any atom is -0.491 e. The van der Waals surface area contributed by atoms with Gasteiger partial charge in [-0.3, -0.25) is 9.10 Å². The minimum atomic E-state index is -3.62. The Morgan fingerprint density at radius 2 is 1.58 bits per heavy atom. The number of sulfonamides is 1. The van der Waals surface area contributed by atoms with Gasteiger partial charge in [0.2, 0.25) is 15.9 Å². The molecule has 1 amide bonds. The molecular weight excluding hydrogens is 352 g/mol. The van der Waals surface area contributed by atoms with Crippen molar-refractivity contribution in [3.05, 3.63) is 54.6 Å². The van der Waals surface area contributed by atoms with Crippen molar-refractivity contribution in [3.63, 3.8) is 0 Å². The molecule has 0 bridgehead atoms. The molecule has 2 aromatic rings. The van der Waals surface area contributed by atoms with Crippen molar-refractivity contribution in [1.82, 2.24) is 0 Å². The first-order valence-electron chi connectivity index (χ1n) is 8.24. The summed E-state index contributed by atoms with van der Waals surface area (Å²) in [4.78, 5) is 14.0. The zero-order chi connectivity index (χ0) is 19.3. The summed E-state index contributed by atoms with van der Waals surface area (Å²) in [5, 5.41) is 0. The lowest BCUT2D eigenvalue weighted by molar-refractivity contribution is -0.116. The molecule has 140 valence electrons. The van der Waals surface area contributed by atoms with Gasteiger partial charge in [0.05, 0.1) is 18.0 Å². The lowest BCUT2D eigenvalue weighted by Crippen LogP contribution is -2.41. The molecule has 6 nitrogen and oxygen atoms in total. The number of hydrogen-bond acceptors (Lipinski definition) is 4. The number of rotatable bonds is 7. The van der Waals surface area contributed by atoms with E-state index in [0.29, 0.717) is 17.1 Å². The van der Waals surface area contributed by atoms with E-state index in [9.17, 15) is 13.2 Å². The van der Waals surface area contributed by atoms with Crippen LogP contribution in [0.4, 0.5) is 11.4 Å². The number of anilines is 2. The third-order valence-electron chi connectivity index (χ3n) is 3.69. The van der Waals surface area contributed by atoms with Gasteiger partial charge in [-0.15, -0.1) is 0 Å². The van der Waals surface area contributed by atoms with E-state index in [1.807, 2.05) is 32.0 Å². The Hall–Kier alpha value is -2.54. The number of carbonyl (C=O) groups is 1. The van der Waals surface area contributed by atoms with Crippen LogP contribution in [0.5, 0.6) is 5.75 Å². The zero-order valence-corrected chi connectivity index (χ0v) is 16.2. The number of amides is 1. The monoisotopic (exact) mass is 376 g/mol. The second kappa shape index (κ2) is 8.23. The number of nitrogens with zero attached hydrogens (tertiary/aromatic N) is 2. The lowest BCUT2D eigenvalue weighted by atomic mass is 10.3. The van der Waals surface area contributed by atoms with Crippen LogP contribution in [-0.4, -0.2) is 40.3 Å². The van der Waals surface area contributed by atoms with E-state index in [1.165, 1.54) is 4.90 Å². The molecule has 0 aliphatic carbocycles. The molecule has 2 aromatic carbocycles. The molecule has 0 aromatic heterocycles. The maximum atomic E-state index is 12.6. The normalized spacial score (nSPS) is 11.3. The van der Waals surface area contributed by atoms with Crippen LogP contribution in [0.2, 0.25) is 0 Å². The summed E-state index contributed by atoms with van der Waals surface area (Å²) >= 11 is 0. The molecule has 0 aliphatic heterocycles. The Balaban J connectivity index is 2.22. The highest BCUT2D eigenvalue weighted by atomic mass is 32.2. The number of ether oxygens (including phenoxy) is 1. The minimum absolute atomic E-state index is 0.0213. The molecule has 0 atom stereocenters. The van der Waals surface area contributed by atoms with Gasteiger partial charge in [-0.2, -0.15) is 0 Å². The number of hydrogen-bond donors (Lipinski definition) is 0. The van der Waals surface area contributed by atoms with E-state index in [2.05, 4.69) is 0 Å². The maximum absolute atomic E-state index is 12.6. The number of carbonyl (C=O) groups excluding carboxylic acids is 1. The fourth-order valence-electron chi connectivity index (χ4n) is 2.39. The molecule has 26 heavy (non-hydrogen) atoms. The van der Waals surface area contributed by atoms with Crippen LogP contribution in [0.15, 0.2) is 54.6 Å². The van der Waals surface area contributed by atoms with Crippen LogP contribution in [0.1, 0.15) is 13.8 Å². The summed E-state index contributed by atoms with van der Waals surface area (Å²) in [5.74, 6) is 0.314. The quantitative estimate of drug-likeness (QED) is 0.745. The van der Waals surface area contributed by atoms with E-state index in [-0.39, 0.29) is 18.6 Å². The van der Waals surface area contributed by atoms with Crippen LogP contribution in [0.25, 0.3) is 0 Å². The molecule has 0 N–H and O–H groups in total. The second-order valence-corrected chi connectivity index (χ2v) is 8.13. The Morgan fingerprint density at radius 1 is 1.00 bits per heavy atom. The average Bonchev–Trinajstić information content (AvgIpc) is 2.59. The highest BCUT2D eigenvalue weighted by Crippen LogP contribution is 2.23. The van der Waals surface area contributed by atoms with Crippen LogP contribution in [0.3, 0.4) is 0 Å². The largest absolute Gasteiger partial charge is 0.491 e. The first kappa shape index (κ1) is 19.8. The fourth-order valence-corrected chi connectivity index (χ4v) is 3.24. The van der Waals surface area contributed by atoms with Crippen molar-refractivity contribution >= 4 is 27.3 Å². The summed E-state index contributed by atoms with van der Waals surface area (Å²) in [6.45, 7) is 3.54. The Kier molecular flexibility index (Phi) is 6.26. The average molecular weight is 376 g/mol. The first-order chi connectivity index (χ1) is 12.2. The summed E-state index contributed by atoms with van der Waals surface area (Å²) < 4.78 is 31.1. The maximum Gasteiger partial charge on any atom is 0.247 e. The molecular formula is C19H24N2O4S.